The third-order valence-electron chi connectivity index (χ3n) is 3.52. The minimum Gasteiger partial charge on any atom is -0.388 e. The van der Waals surface area contributed by atoms with Gasteiger partial charge in [-0.25, -0.2) is 0 Å². The van der Waals surface area contributed by atoms with Crippen molar-refractivity contribution in [3.05, 3.63) is 35.9 Å². The molecular weight excluding hydrogens is 198 g/mol. The number of quaternary nitrogens is 1. The van der Waals surface area contributed by atoms with Crippen LogP contribution in [0.5, 0.6) is 0 Å². The lowest BCUT2D eigenvalue weighted by Crippen LogP contribution is -3.12. The van der Waals surface area contributed by atoms with E-state index in [9.17, 15) is 5.11 Å². The molecule has 1 saturated heterocycles. The Balaban J connectivity index is 1.77. The average molecular weight is 220 g/mol. The molecule has 1 atom stereocenters. The zero-order valence-electron chi connectivity index (χ0n) is 9.86. The first kappa shape index (κ1) is 11.6. The highest BCUT2D eigenvalue weighted by atomic mass is 16.3. The summed E-state index contributed by atoms with van der Waals surface area (Å²) in [5, 5.41) is 10.0. The van der Waals surface area contributed by atoms with Crippen LogP contribution in [-0.4, -0.2) is 24.7 Å². The normalized spacial score (nSPS) is 19.6. The smallest absolute Gasteiger partial charge is 0.0843 e. The van der Waals surface area contributed by atoms with Crippen LogP contribution in [-0.2, 0) is 0 Å². The van der Waals surface area contributed by atoms with E-state index < -0.39 is 0 Å². The van der Waals surface area contributed by atoms with Crippen LogP contribution >= 0.6 is 0 Å². The molecule has 0 aliphatic carbocycles. The molecule has 0 amide bonds. The highest BCUT2D eigenvalue weighted by Gasteiger charge is 2.15. The SMILES string of the molecule is O[C@@H](CC[NH+]1CCCCC1)c1ccccc1. The standard InChI is InChI=1S/C14H21NO/c16-14(13-7-3-1-4-8-13)9-12-15-10-5-2-6-11-15/h1,3-4,7-8,14,16H,2,5-6,9-12H2/p+1/t14-/m0/s1. The Morgan fingerprint density at radius 2 is 1.75 bits per heavy atom. The average Bonchev–Trinajstić information content (AvgIpc) is 2.38. The van der Waals surface area contributed by atoms with E-state index in [1.165, 1.54) is 32.4 Å². The van der Waals surface area contributed by atoms with Crippen molar-refractivity contribution in [1.29, 1.82) is 0 Å². The molecule has 0 aromatic heterocycles. The molecule has 0 saturated carbocycles. The topological polar surface area (TPSA) is 24.7 Å². The fraction of sp³-hybridized carbons (Fsp3) is 0.571. The van der Waals surface area contributed by atoms with E-state index in [1.54, 1.807) is 4.90 Å². The molecule has 0 bridgehead atoms. The van der Waals surface area contributed by atoms with Gasteiger partial charge in [0.1, 0.15) is 0 Å². The van der Waals surface area contributed by atoms with E-state index in [1.807, 2.05) is 30.3 Å². The summed E-state index contributed by atoms with van der Waals surface area (Å²) in [7, 11) is 0. The molecule has 16 heavy (non-hydrogen) atoms. The lowest BCUT2D eigenvalue weighted by atomic mass is 10.1. The minimum absolute atomic E-state index is 0.282. The molecule has 2 heteroatoms. The largest absolute Gasteiger partial charge is 0.388 e. The van der Waals surface area contributed by atoms with Crippen molar-refractivity contribution in [3.63, 3.8) is 0 Å². The van der Waals surface area contributed by atoms with Crippen molar-refractivity contribution in [1.82, 2.24) is 0 Å². The molecule has 2 nitrogen and oxygen atoms in total. The molecular formula is C14H22NO+. The van der Waals surface area contributed by atoms with Gasteiger partial charge in [0, 0.05) is 6.42 Å². The molecule has 88 valence electrons. The number of hydrogen-bond acceptors (Lipinski definition) is 1. The van der Waals surface area contributed by atoms with E-state index in [-0.39, 0.29) is 6.10 Å². The zero-order valence-corrected chi connectivity index (χ0v) is 9.86. The van der Waals surface area contributed by atoms with Crippen LogP contribution in [0.25, 0.3) is 0 Å². The predicted octanol–water partition coefficient (Wildman–Crippen LogP) is 1.18. The summed E-state index contributed by atoms with van der Waals surface area (Å²) >= 11 is 0. The molecule has 1 fully saturated rings. The second-order valence-electron chi connectivity index (χ2n) is 4.78. The lowest BCUT2D eigenvalue weighted by Gasteiger charge is -2.24. The van der Waals surface area contributed by atoms with Gasteiger partial charge < -0.3 is 10.0 Å². The van der Waals surface area contributed by atoms with Gasteiger partial charge in [-0.1, -0.05) is 30.3 Å². The van der Waals surface area contributed by atoms with Crippen LogP contribution in [0.2, 0.25) is 0 Å². The number of hydrogen-bond donors (Lipinski definition) is 2. The van der Waals surface area contributed by atoms with Crippen molar-refractivity contribution in [2.24, 2.45) is 0 Å². The highest BCUT2D eigenvalue weighted by molar-refractivity contribution is 5.16. The molecule has 2 rings (SSSR count). The van der Waals surface area contributed by atoms with Crippen LogP contribution < -0.4 is 4.90 Å². The summed E-state index contributed by atoms with van der Waals surface area (Å²) in [4.78, 5) is 1.67. The van der Waals surface area contributed by atoms with E-state index in [0.29, 0.717) is 0 Å². The van der Waals surface area contributed by atoms with Gasteiger partial charge >= 0.3 is 0 Å². The van der Waals surface area contributed by atoms with Gasteiger partial charge in [0.15, 0.2) is 0 Å². The molecule has 1 heterocycles. The molecule has 1 aromatic carbocycles. The molecule has 2 N–H and O–H groups in total. The van der Waals surface area contributed by atoms with E-state index >= 15 is 0 Å². The monoisotopic (exact) mass is 220 g/mol. The van der Waals surface area contributed by atoms with Crippen molar-refractivity contribution in [3.8, 4) is 0 Å². The first-order chi connectivity index (χ1) is 7.86. The van der Waals surface area contributed by atoms with Gasteiger partial charge in [-0.3, -0.25) is 0 Å². The Bertz CT molecular complexity index is 293. The number of piperidine rings is 1. The third kappa shape index (κ3) is 3.32. The van der Waals surface area contributed by atoms with Crippen LogP contribution in [0.4, 0.5) is 0 Å². The van der Waals surface area contributed by atoms with Gasteiger partial charge in [-0.2, -0.15) is 0 Å². The Morgan fingerprint density at radius 3 is 2.44 bits per heavy atom. The molecule has 0 unspecified atom stereocenters. The molecule has 0 radical (unpaired) electrons. The van der Waals surface area contributed by atoms with Crippen molar-refractivity contribution in [2.75, 3.05) is 19.6 Å². The summed E-state index contributed by atoms with van der Waals surface area (Å²) in [5.74, 6) is 0. The number of aliphatic hydroxyl groups excluding tert-OH is 1. The second-order valence-corrected chi connectivity index (χ2v) is 4.78. The first-order valence-corrected chi connectivity index (χ1v) is 6.43. The maximum atomic E-state index is 10.0. The summed E-state index contributed by atoms with van der Waals surface area (Å²) in [6.07, 6.45) is 4.72. The van der Waals surface area contributed by atoms with Crippen molar-refractivity contribution in [2.45, 2.75) is 31.8 Å². The fourth-order valence-electron chi connectivity index (χ4n) is 2.48. The van der Waals surface area contributed by atoms with Gasteiger partial charge in [0.05, 0.1) is 25.7 Å². The summed E-state index contributed by atoms with van der Waals surface area (Å²) in [5.41, 5.74) is 1.05. The van der Waals surface area contributed by atoms with Crippen LogP contribution in [0.1, 0.15) is 37.4 Å². The van der Waals surface area contributed by atoms with Crippen LogP contribution in [0.3, 0.4) is 0 Å². The van der Waals surface area contributed by atoms with E-state index in [0.717, 1.165) is 18.5 Å². The summed E-state index contributed by atoms with van der Waals surface area (Å²) < 4.78 is 0. The predicted molar refractivity (Wildman–Crippen MR) is 65.4 cm³/mol. The summed E-state index contributed by atoms with van der Waals surface area (Å²) in [6.45, 7) is 3.69. The van der Waals surface area contributed by atoms with E-state index in [2.05, 4.69) is 0 Å². The third-order valence-corrected chi connectivity index (χ3v) is 3.52. The van der Waals surface area contributed by atoms with Gasteiger partial charge in [0.2, 0.25) is 0 Å². The molecule has 0 spiro atoms. The van der Waals surface area contributed by atoms with Crippen molar-refractivity contribution >= 4 is 0 Å². The van der Waals surface area contributed by atoms with Crippen molar-refractivity contribution < 1.29 is 10.0 Å². The lowest BCUT2D eigenvalue weighted by molar-refractivity contribution is -0.905. The number of likely N-dealkylation sites (tertiary alicyclic amines) is 1. The van der Waals surface area contributed by atoms with Gasteiger partial charge in [0.25, 0.3) is 0 Å². The Morgan fingerprint density at radius 1 is 1.06 bits per heavy atom. The minimum atomic E-state index is -0.282. The zero-order chi connectivity index (χ0) is 11.2. The number of aliphatic hydroxyl groups is 1. The first-order valence-electron chi connectivity index (χ1n) is 6.43. The number of rotatable bonds is 4. The molecule has 1 aliphatic heterocycles. The second kappa shape index (κ2) is 6.02. The number of benzene rings is 1. The number of nitrogens with one attached hydrogen (secondary N) is 1. The Hall–Kier alpha value is -0.860. The van der Waals surface area contributed by atoms with Crippen LogP contribution in [0, 0.1) is 0 Å². The van der Waals surface area contributed by atoms with Crippen LogP contribution in [0.15, 0.2) is 30.3 Å². The highest BCUT2D eigenvalue weighted by Crippen LogP contribution is 2.14. The maximum absolute atomic E-state index is 10.0. The van der Waals surface area contributed by atoms with E-state index in [4.69, 9.17) is 0 Å². The quantitative estimate of drug-likeness (QED) is 0.782. The fourth-order valence-corrected chi connectivity index (χ4v) is 2.48. The molecule has 1 aromatic rings. The Labute approximate surface area is 97.9 Å². The molecule has 1 aliphatic rings. The van der Waals surface area contributed by atoms with Gasteiger partial charge in [-0.05, 0) is 24.8 Å². The maximum Gasteiger partial charge on any atom is 0.0843 e. The Kier molecular flexibility index (Phi) is 4.37. The van der Waals surface area contributed by atoms with Gasteiger partial charge in [-0.15, -0.1) is 0 Å². The summed E-state index contributed by atoms with van der Waals surface area (Å²) in [6, 6.07) is 10.00.